The molecule has 0 aliphatic carbocycles. The van der Waals surface area contributed by atoms with Gasteiger partial charge in [0.2, 0.25) is 5.91 Å². The highest BCUT2D eigenvalue weighted by Gasteiger charge is 2.20. The lowest BCUT2D eigenvalue weighted by Crippen LogP contribution is -2.40. The number of amides is 1. The molecule has 3 heteroatoms. The van der Waals surface area contributed by atoms with Crippen LogP contribution in [0.1, 0.15) is 19.8 Å². The molecule has 1 rings (SSSR count). The van der Waals surface area contributed by atoms with Gasteiger partial charge in [-0.1, -0.05) is 13.0 Å². The van der Waals surface area contributed by atoms with E-state index in [1.807, 2.05) is 11.0 Å². The Morgan fingerprint density at radius 1 is 1.71 bits per heavy atom. The monoisotopic (exact) mass is 213 g/mol. The van der Waals surface area contributed by atoms with Crippen molar-refractivity contribution in [2.24, 2.45) is 5.92 Å². The Kier molecular flexibility index (Phi) is 5.09. The van der Waals surface area contributed by atoms with Gasteiger partial charge in [-0.3, -0.25) is 4.79 Å². The van der Waals surface area contributed by atoms with Gasteiger partial charge in [0.1, 0.15) is 0 Å². The van der Waals surface area contributed by atoms with Crippen molar-refractivity contribution >= 4 is 17.7 Å². The summed E-state index contributed by atoms with van der Waals surface area (Å²) >= 11 is 1.65. The topological polar surface area (TPSA) is 20.3 Å². The first-order chi connectivity index (χ1) is 6.74. The van der Waals surface area contributed by atoms with Crippen molar-refractivity contribution < 1.29 is 4.79 Å². The molecule has 0 N–H and O–H groups in total. The second kappa shape index (κ2) is 6.12. The number of nitrogens with zero attached hydrogens (tertiary/aromatic N) is 1. The van der Waals surface area contributed by atoms with E-state index in [0.29, 0.717) is 17.6 Å². The molecule has 2 nitrogen and oxygen atoms in total. The second-order valence-corrected chi connectivity index (χ2v) is 4.92. The van der Waals surface area contributed by atoms with Gasteiger partial charge in [-0.25, -0.2) is 0 Å². The molecule has 0 bridgehead atoms. The van der Waals surface area contributed by atoms with Crippen molar-refractivity contribution in [2.75, 3.05) is 24.6 Å². The fraction of sp³-hybridized carbons (Fsp3) is 0.727. The molecule has 1 unspecified atom stereocenters. The molecule has 1 fully saturated rings. The lowest BCUT2D eigenvalue weighted by molar-refractivity contribution is -0.130. The van der Waals surface area contributed by atoms with Crippen LogP contribution >= 0.6 is 11.8 Å². The van der Waals surface area contributed by atoms with Crippen LogP contribution in [0, 0.1) is 5.92 Å². The number of rotatable bonds is 4. The van der Waals surface area contributed by atoms with Crippen LogP contribution in [-0.2, 0) is 4.79 Å². The largest absolute Gasteiger partial charge is 0.342 e. The van der Waals surface area contributed by atoms with E-state index in [0.717, 1.165) is 18.8 Å². The van der Waals surface area contributed by atoms with E-state index in [4.69, 9.17) is 0 Å². The van der Waals surface area contributed by atoms with Gasteiger partial charge in [-0.15, -0.1) is 18.3 Å². The molecule has 1 atom stereocenters. The summed E-state index contributed by atoms with van der Waals surface area (Å²) in [5.41, 5.74) is 0. The van der Waals surface area contributed by atoms with Crippen molar-refractivity contribution in [3.63, 3.8) is 0 Å². The van der Waals surface area contributed by atoms with Gasteiger partial charge in [0.25, 0.3) is 0 Å². The van der Waals surface area contributed by atoms with E-state index < -0.39 is 0 Å². The number of likely N-dealkylation sites (tertiary alicyclic amines) is 1. The Morgan fingerprint density at radius 2 is 2.50 bits per heavy atom. The van der Waals surface area contributed by atoms with Gasteiger partial charge in [-0.05, 0) is 18.8 Å². The minimum absolute atomic E-state index is 0.295. The molecule has 1 amide bonds. The zero-order chi connectivity index (χ0) is 10.4. The molecule has 1 aliphatic rings. The number of carbonyl (C=O) groups excluding carboxylic acids is 1. The maximum Gasteiger partial charge on any atom is 0.232 e. The fourth-order valence-corrected chi connectivity index (χ4v) is 2.38. The van der Waals surface area contributed by atoms with E-state index in [-0.39, 0.29) is 0 Å². The highest BCUT2D eigenvalue weighted by Crippen LogP contribution is 2.16. The Balaban J connectivity index is 2.25. The Hall–Kier alpha value is -0.440. The van der Waals surface area contributed by atoms with Crippen LogP contribution in [0.15, 0.2) is 12.7 Å². The third kappa shape index (κ3) is 3.74. The van der Waals surface area contributed by atoms with Gasteiger partial charge < -0.3 is 4.90 Å². The average Bonchev–Trinajstić information content (AvgIpc) is 2.18. The number of piperidine rings is 1. The molecule has 0 saturated carbocycles. The molecule has 0 aromatic heterocycles. The quantitative estimate of drug-likeness (QED) is 0.527. The highest BCUT2D eigenvalue weighted by atomic mass is 32.2. The van der Waals surface area contributed by atoms with Gasteiger partial charge >= 0.3 is 0 Å². The van der Waals surface area contributed by atoms with Gasteiger partial charge in [0.05, 0.1) is 5.75 Å². The first kappa shape index (κ1) is 11.6. The summed E-state index contributed by atoms with van der Waals surface area (Å²) < 4.78 is 0. The molecular weight excluding hydrogens is 194 g/mol. The molecule has 1 heterocycles. The van der Waals surface area contributed by atoms with Crippen molar-refractivity contribution in [3.8, 4) is 0 Å². The summed E-state index contributed by atoms with van der Waals surface area (Å²) in [6.45, 7) is 7.76. The van der Waals surface area contributed by atoms with E-state index in [2.05, 4.69) is 13.5 Å². The minimum atomic E-state index is 0.295. The van der Waals surface area contributed by atoms with Crippen molar-refractivity contribution in [3.05, 3.63) is 12.7 Å². The summed E-state index contributed by atoms with van der Waals surface area (Å²) in [6.07, 6.45) is 4.28. The van der Waals surface area contributed by atoms with E-state index in [1.165, 1.54) is 12.8 Å². The molecule has 0 aromatic rings. The molecule has 14 heavy (non-hydrogen) atoms. The van der Waals surface area contributed by atoms with Gasteiger partial charge in [0.15, 0.2) is 0 Å². The van der Waals surface area contributed by atoms with Gasteiger partial charge in [-0.2, -0.15) is 0 Å². The van der Waals surface area contributed by atoms with Crippen LogP contribution in [0.25, 0.3) is 0 Å². The zero-order valence-corrected chi connectivity index (χ0v) is 9.68. The third-order valence-electron chi connectivity index (χ3n) is 2.47. The first-order valence-electron chi connectivity index (χ1n) is 5.20. The molecule has 0 aromatic carbocycles. The normalized spacial score (nSPS) is 22.1. The standard InChI is InChI=1S/C11H19NOS/c1-3-7-14-9-11(13)12-6-4-5-10(2)8-12/h3,10H,1,4-9H2,2H3. The zero-order valence-electron chi connectivity index (χ0n) is 8.87. The second-order valence-electron chi connectivity index (χ2n) is 3.89. The average molecular weight is 213 g/mol. The summed E-state index contributed by atoms with van der Waals surface area (Å²) in [7, 11) is 0. The summed E-state index contributed by atoms with van der Waals surface area (Å²) in [5.74, 6) is 2.45. The van der Waals surface area contributed by atoms with Crippen molar-refractivity contribution in [2.45, 2.75) is 19.8 Å². The molecule has 0 radical (unpaired) electrons. The molecular formula is C11H19NOS. The van der Waals surface area contributed by atoms with Crippen LogP contribution in [-0.4, -0.2) is 35.4 Å². The minimum Gasteiger partial charge on any atom is -0.342 e. The first-order valence-corrected chi connectivity index (χ1v) is 6.36. The van der Waals surface area contributed by atoms with Crippen LogP contribution < -0.4 is 0 Å². The van der Waals surface area contributed by atoms with Crippen molar-refractivity contribution in [1.82, 2.24) is 4.90 Å². The van der Waals surface area contributed by atoms with Crippen LogP contribution in [0.2, 0.25) is 0 Å². The summed E-state index contributed by atoms with van der Waals surface area (Å²) in [4.78, 5) is 13.7. The number of hydrogen-bond donors (Lipinski definition) is 0. The maximum absolute atomic E-state index is 11.7. The number of carbonyl (C=O) groups is 1. The van der Waals surface area contributed by atoms with E-state index in [1.54, 1.807) is 11.8 Å². The van der Waals surface area contributed by atoms with Crippen LogP contribution in [0.4, 0.5) is 0 Å². The Morgan fingerprint density at radius 3 is 3.14 bits per heavy atom. The van der Waals surface area contributed by atoms with Crippen LogP contribution in [0.3, 0.4) is 0 Å². The number of hydrogen-bond acceptors (Lipinski definition) is 2. The van der Waals surface area contributed by atoms with Crippen molar-refractivity contribution in [1.29, 1.82) is 0 Å². The smallest absolute Gasteiger partial charge is 0.232 e. The summed E-state index contributed by atoms with van der Waals surface area (Å²) in [5, 5.41) is 0. The third-order valence-corrected chi connectivity index (χ3v) is 3.39. The predicted octanol–water partition coefficient (Wildman–Crippen LogP) is 2.16. The van der Waals surface area contributed by atoms with Gasteiger partial charge in [0, 0.05) is 18.8 Å². The molecule has 0 spiro atoms. The Bertz CT molecular complexity index is 205. The lowest BCUT2D eigenvalue weighted by Gasteiger charge is -2.30. The summed E-state index contributed by atoms with van der Waals surface area (Å²) in [6, 6.07) is 0. The fourth-order valence-electron chi connectivity index (χ4n) is 1.74. The SMILES string of the molecule is C=CCSCC(=O)N1CCCC(C)C1. The number of thioether (sulfide) groups is 1. The van der Waals surface area contributed by atoms with Crippen LogP contribution in [0.5, 0.6) is 0 Å². The molecule has 1 aliphatic heterocycles. The Labute approximate surface area is 90.7 Å². The highest BCUT2D eigenvalue weighted by molar-refractivity contribution is 8.00. The lowest BCUT2D eigenvalue weighted by atomic mass is 10.0. The van der Waals surface area contributed by atoms with E-state index >= 15 is 0 Å². The molecule has 1 saturated heterocycles. The molecule has 80 valence electrons. The van der Waals surface area contributed by atoms with E-state index in [9.17, 15) is 4.79 Å². The predicted molar refractivity (Wildman–Crippen MR) is 62.5 cm³/mol. The maximum atomic E-state index is 11.7.